The van der Waals surface area contributed by atoms with Gasteiger partial charge in [0.1, 0.15) is 0 Å². The lowest BCUT2D eigenvalue weighted by atomic mass is 10.2. The van der Waals surface area contributed by atoms with Gasteiger partial charge in [-0.2, -0.15) is 0 Å². The summed E-state index contributed by atoms with van der Waals surface area (Å²) in [5, 5.41) is 5.92. The van der Waals surface area contributed by atoms with E-state index in [0.29, 0.717) is 17.1 Å². The smallest absolute Gasteiger partial charge is 0.252 e. The topological polar surface area (TPSA) is 58.2 Å². The minimum absolute atomic E-state index is 0.0613. The molecular formula is C14H19ClN2O2. The zero-order chi connectivity index (χ0) is 14.3. The highest BCUT2D eigenvalue weighted by Crippen LogP contribution is 2.14. The zero-order valence-corrected chi connectivity index (χ0v) is 12.0. The molecule has 5 heteroatoms. The number of nitrogens with one attached hydrogen (secondary N) is 2. The summed E-state index contributed by atoms with van der Waals surface area (Å²) in [6, 6.07) is 6.98. The van der Waals surface area contributed by atoms with Crippen molar-refractivity contribution >= 4 is 23.4 Å². The molecule has 0 unspecified atom stereocenters. The Labute approximate surface area is 118 Å². The van der Waals surface area contributed by atoms with Gasteiger partial charge in [0.2, 0.25) is 5.91 Å². The standard InChI is InChI=1S/C14H19ClN2O2/c1-3-10(2)17-13(18)8-9-16-14(19)11-6-4-5-7-12(11)15/h4-7,10H,3,8-9H2,1-2H3,(H,16,19)(H,17,18)/t10-/m0/s1. The molecule has 0 aliphatic rings. The third-order valence-corrected chi connectivity index (χ3v) is 3.11. The van der Waals surface area contributed by atoms with Crippen LogP contribution in [0.15, 0.2) is 24.3 Å². The van der Waals surface area contributed by atoms with Gasteiger partial charge in [0.15, 0.2) is 0 Å². The van der Waals surface area contributed by atoms with Gasteiger partial charge in [-0.1, -0.05) is 30.7 Å². The van der Waals surface area contributed by atoms with E-state index in [4.69, 9.17) is 11.6 Å². The van der Waals surface area contributed by atoms with Crippen molar-refractivity contribution < 1.29 is 9.59 Å². The maximum Gasteiger partial charge on any atom is 0.252 e. The SMILES string of the molecule is CC[C@H](C)NC(=O)CCNC(=O)c1ccccc1Cl. The summed E-state index contributed by atoms with van der Waals surface area (Å²) in [5.74, 6) is -0.323. The molecular weight excluding hydrogens is 264 g/mol. The molecule has 1 rings (SSSR count). The van der Waals surface area contributed by atoms with Gasteiger partial charge in [-0.15, -0.1) is 0 Å². The van der Waals surface area contributed by atoms with Crippen LogP contribution in [-0.4, -0.2) is 24.4 Å². The molecule has 0 saturated carbocycles. The first-order valence-corrected chi connectivity index (χ1v) is 6.74. The van der Waals surface area contributed by atoms with Gasteiger partial charge in [-0.25, -0.2) is 0 Å². The second-order valence-corrected chi connectivity index (χ2v) is 4.77. The van der Waals surface area contributed by atoms with E-state index in [0.717, 1.165) is 6.42 Å². The Balaban J connectivity index is 2.36. The normalized spacial score (nSPS) is 11.7. The predicted molar refractivity (Wildman–Crippen MR) is 76.3 cm³/mol. The number of carbonyl (C=O) groups is 2. The first-order valence-electron chi connectivity index (χ1n) is 6.36. The summed E-state index contributed by atoms with van der Waals surface area (Å²) in [6.07, 6.45) is 1.15. The molecule has 0 heterocycles. The molecule has 4 nitrogen and oxygen atoms in total. The van der Waals surface area contributed by atoms with Gasteiger partial charge in [-0.05, 0) is 25.5 Å². The monoisotopic (exact) mass is 282 g/mol. The van der Waals surface area contributed by atoms with Crippen LogP contribution in [0.3, 0.4) is 0 Å². The van der Waals surface area contributed by atoms with Crippen LogP contribution in [0.2, 0.25) is 5.02 Å². The Morgan fingerprint density at radius 2 is 2.00 bits per heavy atom. The third kappa shape index (κ3) is 5.30. The quantitative estimate of drug-likeness (QED) is 0.842. The molecule has 0 aromatic heterocycles. The number of carbonyl (C=O) groups excluding carboxylic acids is 2. The van der Waals surface area contributed by atoms with Crippen LogP contribution >= 0.6 is 11.6 Å². The molecule has 0 spiro atoms. The van der Waals surface area contributed by atoms with E-state index in [9.17, 15) is 9.59 Å². The highest BCUT2D eigenvalue weighted by atomic mass is 35.5. The van der Waals surface area contributed by atoms with Crippen molar-refractivity contribution in [3.8, 4) is 0 Å². The van der Waals surface area contributed by atoms with Crippen molar-refractivity contribution in [1.29, 1.82) is 0 Å². The summed E-state index contributed by atoms with van der Waals surface area (Å²) in [7, 11) is 0. The lowest BCUT2D eigenvalue weighted by Crippen LogP contribution is -2.35. The van der Waals surface area contributed by atoms with Crippen LogP contribution in [0.5, 0.6) is 0 Å². The summed E-state index contributed by atoms with van der Waals surface area (Å²) in [5.41, 5.74) is 0.423. The average molecular weight is 283 g/mol. The van der Waals surface area contributed by atoms with Crippen LogP contribution < -0.4 is 10.6 Å². The van der Waals surface area contributed by atoms with Crippen molar-refractivity contribution in [1.82, 2.24) is 10.6 Å². The molecule has 2 amide bonds. The van der Waals surface area contributed by atoms with Crippen LogP contribution in [0.1, 0.15) is 37.0 Å². The Morgan fingerprint density at radius 3 is 2.63 bits per heavy atom. The Hall–Kier alpha value is -1.55. The fraction of sp³-hybridized carbons (Fsp3) is 0.429. The molecule has 0 bridgehead atoms. The maximum absolute atomic E-state index is 11.8. The van der Waals surface area contributed by atoms with Crippen molar-refractivity contribution in [2.45, 2.75) is 32.7 Å². The minimum atomic E-state index is -0.262. The van der Waals surface area contributed by atoms with E-state index in [-0.39, 0.29) is 24.3 Å². The van der Waals surface area contributed by atoms with E-state index in [2.05, 4.69) is 10.6 Å². The van der Waals surface area contributed by atoms with Gasteiger partial charge >= 0.3 is 0 Å². The fourth-order valence-electron chi connectivity index (χ4n) is 1.48. The first kappa shape index (κ1) is 15.5. The molecule has 0 fully saturated rings. The molecule has 0 aliphatic carbocycles. The van der Waals surface area contributed by atoms with E-state index < -0.39 is 0 Å². The van der Waals surface area contributed by atoms with Crippen LogP contribution in [0.4, 0.5) is 0 Å². The van der Waals surface area contributed by atoms with Crippen LogP contribution in [0, 0.1) is 0 Å². The van der Waals surface area contributed by atoms with E-state index in [1.165, 1.54) is 0 Å². The summed E-state index contributed by atoms with van der Waals surface area (Å²) < 4.78 is 0. The van der Waals surface area contributed by atoms with E-state index in [1.54, 1.807) is 24.3 Å². The lowest BCUT2D eigenvalue weighted by molar-refractivity contribution is -0.121. The first-order chi connectivity index (χ1) is 9.04. The molecule has 0 aliphatic heterocycles. The largest absolute Gasteiger partial charge is 0.354 e. The average Bonchev–Trinajstić information content (AvgIpc) is 2.38. The number of rotatable bonds is 6. The highest BCUT2D eigenvalue weighted by Gasteiger charge is 2.10. The van der Waals surface area contributed by atoms with Crippen molar-refractivity contribution in [2.75, 3.05) is 6.54 Å². The number of hydrogen-bond donors (Lipinski definition) is 2. The number of benzene rings is 1. The van der Waals surface area contributed by atoms with Gasteiger partial charge < -0.3 is 10.6 Å². The molecule has 0 radical (unpaired) electrons. The van der Waals surface area contributed by atoms with E-state index in [1.807, 2.05) is 13.8 Å². The molecule has 0 saturated heterocycles. The van der Waals surface area contributed by atoms with Crippen molar-refractivity contribution in [3.05, 3.63) is 34.9 Å². The second kappa shape index (κ2) is 7.79. The van der Waals surface area contributed by atoms with Crippen LogP contribution in [-0.2, 0) is 4.79 Å². The van der Waals surface area contributed by atoms with Gasteiger partial charge in [0, 0.05) is 19.0 Å². The molecule has 1 atom stereocenters. The summed E-state index contributed by atoms with van der Waals surface area (Å²) in [4.78, 5) is 23.3. The van der Waals surface area contributed by atoms with Gasteiger partial charge in [0.05, 0.1) is 10.6 Å². The molecule has 2 N–H and O–H groups in total. The highest BCUT2D eigenvalue weighted by molar-refractivity contribution is 6.33. The Morgan fingerprint density at radius 1 is 1.32 bits per heavy atom. The molecule has 1 aromatic carbocycles. The maximum atomic E-state index is 11.8. The molecule has 1 aromatic rings. The predicted octanol–water partition coefficient (Wildman–Crippen LogP) is 2.37. The van der Waals surface area contributed by atoms with E-state index >= 15 is 0 Å². The zero-order valence-electron chi connectivity index (χ0n) is 11.2. The minimum Gasteiger partial charge on any atom is -0.354 e. The Kier molecular flexibility index (Phi) is 6.36. The second-order valence-electron chi connectivity index (χ2n) is 4.36. The Bertz CT molecular complexity index is 449. The number of hydrogen-bond acceptors (Lipinski definition) is 2. The van der Waals surface area contributed by atoms with Crippen LogP contribution in [0.25, 0.3) is 0 Å². The van der Waals surface area contributed by atoms with Gasteiger partial charge in [-0.3, -0.25) is 9.59 Å². The lowest BCUT2D eigenvalue weighted by Gasteiger charge is -2.11. The van der Waals surface area contributed by atoms with Gasteiger partial charge in [0.25, 0.3) is 5.91 Å². The summed E-state index contributed by atoms with van der Waals surface area (Å²) >= 11 is 5.91. The van der Waals surface area contributed by atoms with Crippen molar-refractivity contribution in [3.63, 3.8) is 0 Å². The number of amides is 2. The fourth-order valence-corrected chi connectivity index (χ4v) is 1.70. The van der Waals surface area contributed by atoms with Crippen molar-refractivity contribution in [2.24, 2.45) is 0 Å². The third-order valence-electron chi connectivity index (χ3n) is 2.78. The summed E-state index contributed by atoms with van der Waals surface area (Å²) in [6.45, 7) is 4.25. The molecule has 104 valence electrons. The molecule has 19 heavy (non-hydrogen) atoms. The number of halogens is 1.